The average Bonchev–Trinajstić information content (AvgIpc) is 3.55. The van der Waals surface area contributed by atoms with Gasteiger partial charge in [-0.2, -0.15) is 13.2 Å². The molecular formula is C25H27F3N6O3. The maximum Gasteiger partial charge on any atom is 0.417 e. The van der Waals surface area contributed by atoms with Crippen molar-refractivity contribution in [1.29, 1.82) is 0 Å². The molecule has 0 unspecified atom stereocenters. The molecule has 2 amide bonds. The van der Waals surface area contributed by atoms with E-state index in [0.29, 0.717) is 17.9 Å². The number of aromatic nitrogens is 3. The van der Waals surface area contributed by atoms with Crippen molar-refractivity contribution in [2.45, 2.75) is 57.9 Å². The predicted octanol–water partition coefficient (Wildman–Crippen LogP) is 3.25. The summed E-state index contributed by atoms with van der Waals surface area (Å²) < 4.78 is 43.7. The van der Waals surface area contributed by atoms with Crippen LogP contribution in [0.3, 0.4) is 0 Å². The molecule has 4 N–H and O–H groups in total. The molecule has 5 rings (SSSR count). The third-order valence-electron chi connectivity index (χ3n) is 7.11. The van der Waals surface area contributed by atoms with E-state index >= 15 is 0 Å². The van der Waals surface area contributed by atoms with Gasteiger partial charge in [-0.3, -0.25) is 9.59 Å². The second kappa shape index (κ2) is 9.02. The van der Waals surface area contributed by atoms with Crippen molar-refractivity contribution in [3.8, 4) is 11.3 Å². The Morgan fingerprint density at radius 1 is 1.30 bits per heavy atom. The van der Waals surface area contributed by atoms with Gasteiger partial charge >= 0.3 is 6.18 Å². The number of nitrogen functional groups attached to an aromatic ring is 1. The van der Waals surface area contributed by atoms with Crippen molar-refractivity contribution in [3.05, 3.63) is 46.6 Å². The minimum absolute atomic E-state index is 0.0107. The largest absolute Gasteiger partial charge is 0.417 e. The molecule has 196 valence electrons. The number of nitrogens with one attached hydrogen (secondary N) is 1. The number of alkyl halides is 3. The number of anilines is 1. The standard InChI is InChI=1S/C25H27F3N6O3/c1-12(6-8-35)30-23(36)20-21(29)32-34-7-5-18(31-22(20)34)15-9-16-11-33(13(2)14-3-4-14)24(37)19(16)17(10-15)25(26,27)28/h5,7,9-10,12-14,35H,3-4,6,8,11H2,1-2H3,(H2,29,32)(H,30,36)/t12-,13+/m1/s1. The molecule has 1 aliphatic heterocycles. The lowest BCUT2D eigenvalue weighted by molar-refractivity contribution is -0.137. The van der Waals surface area contributed by atoms with Gasteiger partial charge in [-0.1, -0.05) is 0 Å². The Bertz CT molecular complexity index is 1400. The summed E-state index contributed by atoms with van der Waals surface area (Å²) in [5.41, 5.74) is 5.37. The van der Waals surface area contributed by atoms with Crippen LogP contribution in [0.1, 0.15) is 65.0 Å². The smallest absolute Gasteiger partial charge is 0.396 e. The fourth-order valence-corrected chi connectivity index (χ4v) is 4.90. The Morgan fingerprint density at radius 2 is 2.03 bits per heavy atom. The maximum atomic E-state index is 14.1. The fourth-order valence-electron chi connectivity index (χ4n) is 4.90. The van der Waals surface area contributed by atoms with Gasteiger partial charge in [0.25, 0.3) is 11.8 Å². The number of nitrogens with two attached hydrogens (primary N) is 1. The van der Waals surface area contributed by atoms with Gasteiger partial charge in [-0.15, -0.1) is 5.10 Å². The van der Waals surface area contributed by atoms with Crippen molar-refractivity contribution in [1.82, 2.24) is 24.8 Å². The van der Waals surface area contributed by atoms with Crippen LogP contribution in [-0.2, 0) is 12.7 Å². The van der Waals surface area contributed by atoms with Gasteiger partial charge in [0.2, 0.25) is 0 Å². The first kappa shape index (κ1) is 25.0. The van der Waals surface area contributed by atoms with E-state index in [0.717, 1.165) is 18.9 Å². The zero-order valence-electron chi connectivity index (χ0n) is 20.3. The lowest BCUT2D eigenvalue weighted by Gasteiger charge is -2.24. The normalized spacial score (nSPS) is 17.2. The van der Waals surface area contributed by atoms with Gasteiger partial charge < -0.3 is 21.1 Å². The van der Waals surface area contributed by atoms with Crippen molar-refractivity contribution < 1.29 is 27.9 Å². The summed E-state index contributed by atoms with van der Waals surface area (Å²) in [6.07, 6.45) is -1.02. The zero-order valence-corrected chi connectivity index (χ0v) is 20.3. The van der Waals surface area contributed by atoms with Crippen LogP contribution in [0.5, 0.6) is 0 Å². The Morgan fingerprint density at radius 3 is 2.68 bits per heavy atom. The number of amides is 2. The highest BCUT2D eigenvalue weighted by atomic mass is 19.4. The molecule has 0 saturated heterocycles. The number of rotatable bonds is 7. The van der Waals surface area contributed by atoms with Gasteiger partial charge in [-0.25, -0.2) is 9.50 Å². The van der Waals surface area contributed by atoms with E-state index < -0.39 is 23.6 Å². The second-order valence-corrected chi connectivity index (χ2v) is 9.79. The van der Waals surface area contributed by atoms with E-state index in [1.54, 1.807) is 13.0 Å². The maximum absolute atomic E-state index is 14.1. The summed E-state index contributed by atoms with van der Waals surface area (Å²) in [5, 5.41) is 15.9. The van der Waals surface area contributed by atoms with Gasteiger partial charge in [-0.05, 0) is 62.8 Å². The van der Waals surface area contributed by atoms with E-state index in [1.807, 2.05) is 6.92 Å². The molecular weight excluding hydrogens is 489 g/mol. The minimum atomic E-state index is -4.74. The summed E-state index contributed by atoms with van der Waals surface area (Å²) in [6, 6.07) is 3.49. The number of carbonyl (C=O) groups excluding carboxylic acids is 2. The van der Waals surface area contributed by atoms with Gasteiger partial charge in [0.1, 0.15) is 5.56 Å². The highest BCUT2D eigenvalue weighted by Crippen LogP contribution is 2.43. The summed E-state index contributed by atoms with van der Waals surface area (Å²) in [5.74, 6) is -0.929. The monoisotopic (exact) mass is 516 g/mol. The van der Waals surface area contributed by atoms with Crippen LogP contribution in [-0.4, -0.2) is 55.1 Å². The molecule has 0 bridgehead atoms. The van der Waals surface area contributed by atoms with Crippen molar-refractivity contribution in [2.75, 3.05) is 12.3 Å². The van der Waals surface area contributed by atoms with E-state index in [4.69, 9.17) is 10.8 Å². The third kappa shape index (κ3) is 4.50. The molecule has 1 saturated carbocycles. The fraction of sp³-hybridized carbons (Fsp3) is 0.440. The second-order valence-electron chi connectivity index (χ2n) is 9.79. The van der Waals surface area contributed by atoms with Crippen LogP contribution in [0.25, 0.3) is 16.9 Å². The number of fused-ring (bicyclic) bond motifs is 2. The average molecular weight is 517 g/mol. The predicted molar refractivity (Wildman–Crippen MR) is 129 cm³/mol. The Balaban J connectivity index is 1.57. The summed E-state index contributed by atoms with van der Waals surface area (Å²) >= 11 is 0. The first-order chi connectivity index (χ1) is 17.5. The van der Waals surface area contributed by atoms with Crippen LogP contribution in [0.15, 0.2) is 24.4 Å². The lowest BCUT2D eigenvalue weighted by atomic mass is 9.97. The van der Waals surface area contributed by atoms with Gasteiger partial charge in [0, 0.05) is 37.0 Å². The van der Waals surface area contributed by atoms with Gasteiger partial charge in [0.15, 0.2) is 11.5 Å². The molecule has 2 atom stereocenters. The van der Waals surface area contributed by atoms with Crippen LogP contribution < -0.4 is 11.1 Å². The van der Waals surface area contributed by atoms with E-state index in [-0.39, 0.29) is 59.1 Å². The number of nitrogens with zero attached hydrogens (tertiary/aromatic N) is 4. The van der Waals surface area contributed by atoms with E-state index in [1.165, 1.54) is 21.7 Å². The van der Waals surface area contributed by atoms with Crippen molar-refractivity contribution >= 4 is 23.3 Å². The number of hydrogen-bond donors (Lipinski definition) is 3. The molecule has 2 aliphatic rings. The zero-order chi connectivity index (χ0) is 26.6. The third-order valence-corrected chi connectivity index (χ3v) is 7.11. The highest BCUT2D eigenvalue weighted by molar-refractivity contribution is 6.04. The number of aliphatic hydroxyl groups excluding tert-OH is 1. The van der Waals surface area contributed by atoms with E-state index in [2.05, 4.69) is 15.4 Å². The van der Waals surface area contributed by atoms with Crippen LogP contribution in [0, 0.1) is 5.92 Å². The summed E-state index contributed by atoms with van der Waals surface area (Å²) in [4.78, 5) is 31.9. The quantitative estimate of drug-likeness (QED) is 0.443. The van der Waals surface area contributed by atoms with E-state index in [9.17, 15) is 22.8 Å². The Hall–Kier alpha value is -3.67. The Kier molecular flexibility index (Phi) is 6.09. The molecule has 1 aliphatic carbocycles. The molecule has 37 heavy (non-hydrogen) atoms. The van der Waals surface area contributed by atoms with Crippen molar-refractivity contribution in [3.63, 3.8) is 0 Å². The Labute approximate surface area is 210 Å². The molecule has 1 fully saturated rings. The SMILES string of the molecule is C[C@H](CCO)NC(=O)c1c(N)nn2ccc(-c3cc4c(c(C(F)(F)F)c3)C(=O)N([C@@H](C)C3CC3)C4)nc12. The lowest BCUT2D eigenvalue weighted by Crippen LogP contribution is -2.35. The minimum Gasteiger partial charge on any atom is -0.396 e. The highest BCUT2D eigenvalue weighted by Gasteiger charge is 2.44. The van der Waals surface area contributed by atoms with Gasteiger partial charge in [0.05, 0.1) is 16.8 Å². The topological polar surface area (TPSA) is 126 Å². The van der Waals surface area contributed by atoms with Crippen molar-refractivity contribution in [2.24, 2.45) is 5.92 Å². The molecule has 12 heteroatoms. The number of halogens is 3. The first-order valence-electron chi connectivity index (χ1n) is 12.1. The molecule has 3 aromatic rings. The molecule has 9 nitrogen and oxygen atoms in total. The number of aliphatic hydroxyl groups is 1. The molecule has 1 aromatic carbocycles. The summed E-state index contributed by atoms with van der Waals surface area (Å²) in [6.45, 7) is 3.57. The molecule has 0 spiro atoms. The summed E-state index contributed by atoms with van der Waals surface area (Å²) in [7, 11) is 0. The molecule has 3 heterocycles. The number of carbonyl (C=O) groups is 2. The molecule has 2 aromatic heterocycles. The molecule has 0 radical (unpaired) electrons. The van der Waals surface area contributed by atoms with Crippen LogP contribution >= 0.6 is 0 Å². The first-order valence-corrected chi connectivity index (χ1v) is 12.1. The van der Waals surface area contributed by atoms with Crippen LogP contribution in [0.2, 0.25) is 0 Å². The number of hydrogen-bond acceptors (Lipinski definition) is 6. The van der Waals surface area contributed by atoms with Crippen LogP contribution in [0.4, 0.5) is 19.0 Å². The number of benzene rings is 1.